The first kappa shape index (κ1) is 64.7. The molecule has 0 aliphatic heterocycles. The van der Waals surface area contributed by atoms with E-state index in [0.717, 1.165) is 139 Å². The van der Waals surface area contributed by atoms with Crippen LogP contribution in [0.25, 0.3) is 132 Å². The van der Waals surface area contributed by atoms with Gasteiger partial charge in [0.05, 0.1) is 95.2 Å². The van der Waals surface area contributed by atoms with E-state index in [-0.39, 0.29) is 27.9 Å². The van der Waals surface area contributed by atoms with Gasteiger partial charge in [0.15, 0.2) is 0 Å². The fourth-order valence-corrected chi connectivity index (χ4v) is 15.1. The Morgan fingerprint density at radius 2 is 0.490 bits per heavy atom. The van der Waals surface area contributed by atoms with E-state index in [4.69, 9.17) is 0 Å². The summed E-state index contributed by atoms with van der Waals surface area (Å²) in [6.07, 6.45) is -14.5. The zero-order chi connectivity index (χ0) is 70.5. The van der Waals surface area contributed by atoms with Crippen molar-refractivity contribution in [2.75, 3.05) is 0 Å². The summed E-state index contributed by atoms with van der Waals surface area (Å²) < 4.78 is 142. The molecule has 4 aromatic heterocycles. The van der Waals surface area contributed by atoms with E-state index < -0.39 is 46.3 Å². The second-order valence-electron chi connectivity index (χ2n) is 26.9. The van der Waals surface area contributed by atoms with Crippen molar-refractivity contribution >= 4 is 87.2 Å². The summed E-state index contributed by atoms with van der Waals surface area (Å²) in [7, 11) is 0. The normalized spacial score (nSPS) is 12.3. The first-order chi connectivity index (χ1) is 47.6. The number of benzene rings is 12. The summed E-state index contributed by atoms with van der Waals surface area (Å²) in [5.74, 6) is 0. The predicted octanol–water partition coefficient (Wildman–Crippen LogP) is 25.1. The molecule has 0 saturated carbocycles. The number of halogens is 9. The molecule has 0 unspecified atom stereocenters. The number of aromatic nitrogens is 4. The fraction of sp³-hybridized carbons (Fsp3) is 0.151. The summed E-state index contributed by atoms with van der Waals surface area (Å²) in [5, 5.41) is 18.3. The molecule has 100 heavy (non-hydrogen) atoms. The molecule has 12 aromatic carbocycles. The van der Waals surface area contributed by atoms with Crippen LogP contribution < -0.4 is 0 Å². The molecule has 0 amide bonds. The molecule has 4 heterocycles. The highest BCUT2D eigenvalue weighted by Crippen LogP contribution is 2.50. The highest BCUT2D eigenvalue weighted by Gasteiger charge is 2.41. The molecule has 0 aliphatic carbocycles. The minimum Gasteiger partial charge on any atom is -0.307 e. The van der Waals surface area contributed by atoms with E-state index >= 15 is 13.2 Å². The molecule has 0 saturated heterocycles. The Labute approximate surface area is 570 Å². The van der Waals surface area contributed by atoms with Crippen LogP contribution in [0.4, 0.5) is 39.5 Å². The maximum Gasteiger partial charge on any atom is 0.417 e. The third-order valence-electron chi connectivity index (χ3n) is 19.6. The van der Waals surface area contributed by atoms with Crippen molar-refractivity contribution in [3.05, 3.63) is 284 Å². The summed E-state index contributed by atoms with van der Waals surface area (Å²) in [6, 6.07) is 64.9. The van der Waals surface area contributed by atoms with Gasteiger partial charge < -0.3 is 18.3 Å². The highest BCUT2D eigenvalue weighted by molar-refractivity contribution is 6.14. The second-order valence-corrected chi connectivity index (χ2v) is 26.9. The van der Waals surface area contributed by atoms with E-state index in [1.807, 2.05) is 137 Å². The number of nitrogens with zero attached hydrogens (tertiary/aromatic N) is 5. The van der Waals surface area contributed by atoms with Crippen molar-refractivity contribution in [1.29, 1.82) is 5.26 Å². The van der Waals surface area contributed by atoms with Gasteiger partial charge in [0.1, 0.15) is 0 Å². The van der Waals surface area contributed by atoms with Crippen LogP contribution in [0.1, 0.15) is 77.9 Å². The zero-order valence-electron chi connectivity index (χ0n) is 56.3. The molecule has 0 N–H and O–H groups in total. The minimum atomic E-state index is -4.99. The maximum absolute atomic E-state index is 15.5. The van der Waals surface area contributed by atoms with Gasteiger partial charge in [-0.05, 0) is 226 Å². The Kier molecular flexibility index (Phi) is 15.2. The fourth-order valence-electron chi connectivity index (χ4n) is 15.1. The third-order valence-corrected chi connectivity index (χ3v) is 19.6. The molecule has 5 nitrogen and oxygen atoms in total. The Bertz CT molecular complexity index is 5950. The van der Waals surface area contributed by atoms with Crippen molar-refractivity contribution in [2.24, 2.45) is 0 Å². The van der Waals surface area contributed by atoms with E-state index in [1.54, 1.807) is 25.1 Å². The van der Waals surface area contributed by atoms with E-state index in [2.05, 4.69) is 88.0 Å². The number of fused-ring (bicyclic) bond motifs is 12. The largest absolute Gasteiger partial charge is 0.417 e. The van der Waals surface area contributed by atoms with Crippen molar-refractivity contribution < 1.29 is 39.5 Å². The first-order valence-corrected chi connectivity index (χ1v) is 32.8. The quantitative estimate of drug-likeness (QED) is 0.153. The topological polar surface area (TPSA) is 43.5 Å². The lowest BCUT2D eigenvalue weighted by molar-refractivity contribution is -0.139. The van der Waals surface area contributed by atoms with Gasteiger partial charge in [-0.25, -0.2) is 0 Å². The van der Waals surface area contributed by atoms with Crippen LogP contribution in [-0.2, 0) is 18.5 Å². The molecule has 0 radical (unpaired) electrons. The Morgan fingerprint density at radius 3 is 0.740 bits per heavy atom. The molecule has 0 spiro atoms. The summed E-state index contributed by atoms with van der Waals surface area (Å²) in [4.78, 5) is 0. The van der Waals surface area contributed by atoms with E-state index in [0.29, 0.717) is 33.7 Å². The summed E-state index contributed by atoms with van der Waals surface area (Å²) in [6.45, 7) is 19.0. The standard InChI is InChI=1S/C43H32F6N2.C43H32F3N3/c1-23-9-13-28-29-14-10-24(2)18-36(29)50(35(28)17-23)39-21-32(41-27(5)7-6-8-33(41)42(44,45)46)34(43(47,48)49)22-40(39)51-37-19-25(3)11-15-30(37)31-16-12-26(4)20-38(31)51;1-24-9-13-30-31-14-10-25(2)18-37(31)48(36(30)17-24)40-21-29(23-47)34(42-28(5)7-6-8-35(42)43(44,45)46)22-41(40)49-38-19-26(3)11-15-32(38)33-16-12-27(4)20-39(33)49/h6-22H,1-5H3;6-22H,1-5H3. The molecule has 496 valence electrons. The van der Waals surface area contributed by atoms with Crippen molar-refractivity contribution in [3.8, 4) is 51.1 Å². The predicted molar refractivity (Wildman–Crippen MR) is 388 cm³/mol. The highest BCUT2D eigenvalue weighted by atomic mass is 19.4. The number of hydrogen-bond acceptors (Lipinski definition) is 1. The van der Waals surface area contributed by atoms with Crippen LogP contribution in [0.2, 0.25) is 0 Å². The minimum absolute atomic E-state index is 0.0152. The lowest BCUT2D eigenvalue weighted by Gasteiger charge is -2.24. The Hall–Kier alpha value is -11.3. The SMILES string of the molecule is Cc1ccc2c3ccc(C)cc3n(-c3cc(-c4c(C)cccc4C(F)(F)F)c(C(F)(F)F)cc3-n3c4cc(C)ccc4c4ccc(C)cc43)c2c1.Cc1ccc2c3ccc(C)cc3n(-c3cc(C#N)c(-c4c(C)cccc4C(F)(F)F)cc3-n3c4cc(C)ccc4c4ccc(C)cc43)c2c1. The van der Waals surface area contributed by atoms with Crippen molar-refractivity contribution in [2.45, 2.75) is 87.8 Å². The van der Waals surface area contributed by atoms with Gasteiger partial charge in [-0.3, -0.25) is 0 Å². The maximum atomic E-state index is 15.5. The second kappa shape index (κ2) is 23.4. The van der Waals surface area contributed by atoms with Gasteiger partial charge in [0.2, 0.25) is 0 Å². The van der Waals surface area contributed by atoms with E-state index in [1.165, 1.54) is 31.2 Å². The first-order valence-electron chi connectivity index (χ1n) is 32.8. The van der Waals surface area contributed by atoms with Gasteiger partial charge in [-0.15, -0.1) is 0 Å². The van der Waals surface area contributed by atoms with Crippen molar-refractivity contribution in [1.82, 2.24) is 18.3 Å². The molecule has 0 aliphatic rings. The van der Waals surface area contributed by atoms with Gasteiger partial charge >= 0.3 is 18.5 Å². The van der Waals surface area contributed by atoms with Gasteiger partial charge in [-0.2, -0.15) is 44.8 Å². The number of hydrogen-bond donors (Lipinski definition) is 0. The molecular formula is C86H64F9N5. The number of rotatable bonds is 6. The molecule has 0 bridgehead atoms. The monoisotopic (exact) mass is 1340 g/mol. The van der Waals surface area contributed by atoms with Gasteiger partial charge in [0.25, 0.3) is 0 Å². The van der Waals surface area contributed by atoms with Gasteiger partial charge in [0, 0.05) is 48.7 Å². The van der Waals surface area contributed by atoms with Crippen LogP contribution in [0.15, 0.2) is 206 Å². The summed E-state index contributed by atoms with van der Waals surface area (Å²) in [5.41, 5.74) is 13.4. The zero-order valence-corrected chi connectivity index (χ0v) is 56.3. The number of aryl methyl sites for hydroxylation is 10. The van der Waals surface area contributed by atoms with Gasteiger partial charge in [-0.1, -0.05) is 121 Å². The van der Waals surface area contributed by atoms with Crippen LogP contribution in [-0.4, -0.2) is 18.3 Å². The van der Waals surface area contributed by atoms with Crippen LogP contribution in [0, 0.1) is 80.6 Å². The van der Waals surface area contributed by atoms with Crippen LogP contribution in [0.3, 0.4) is 0 Å². The van der Waals surface area contributed by atoms with Crippen LogP contribution >= 0.6 is 0 Å². The lowest BCUT2D eigenvalue weighted by Crippen LogP contribution is -2.15. The van der Waals surface area contributed by atoms with Crippen molar-refractivity contribution in [3.63, 3.8) is 0 Å². The molecule has 0 fully saturated rings. The van der Waals surface area contributed by atoms with Crippen LogP contribution in [0.5, 0.6) is 0 Å². The molecule has 16 aromatic rings. The number of alkyl halides is 9. The lowest BCUT2D eigenvalue weighted by atomic mass is 9.90. The average Bonchev–Trinajstić information content (AvgIpc) is 1.52. The molecular weight excluding hydrogens is 1270 g/mol. The molecule has 0 atom stereocenters. The Morgan fingerprint density at radius 1 is 0.260 bits per heavy atom. The smallest absolute Gasteiger partial charge is 0.307 e. The average molecular weight is 1340 g/mol. The Balaban J connectivity index is 0.000000163. The molecule has 14 heteroatoms. The van der Waals surface area contributed by atoms with E-state index in [9.17, 15) is 31.6 Å². The summed E-state index contributed by atoms with van der Waals surface area (Å²) >= 11 is 0. The molecule has 16 rings (SSSR count). The third kappa shape index (κ3) is 10.6. The number of nitriles is 1.